The molecule has 2 rings (SSSR count). The van der Waals surface area contributed by atoms with Crippen LogP contribution < -0.4 is 14.4 Å². The number of rotatable bonds is 6. The molecule has 1 amide bonds. The molecule has 0 aliphatic rings. The summed E-state index contributed by atoms with van der Waals surface area (Å²) >= 11 is 6.04. The maximum atomic E-state index is 13.8. The predicted molar refractivity (Wildman–Crippen MR) is 99.8 cm³/mol. The Kier molecular flexibility index (Phi) is 6.27. The number of anilines is 2. The summed E-state index contributed by atoms with van der Waals surface area (Å²) in [4.78, 5) is 12.5. The van der Waals surface area contributed by atoms with Crippen molar-refractivity contribution >= 4 is 38.9 Å². The molecule has 1 atom stereocenters. The number of sulfonamides is 1. The third kappa shape index (κ3) is 4.86. The first-order valence-electron chi connectivity index (χ1n) is 7.63. The van der Waals surface area contributed by atoms with Gasteiger partial charge in [-0.25, -0.2) is 17.2 Å². The zero-order valence-corrected chi connectivity index (χ0v) is 16.2. The first-order chi connectivity index (χ1) is 12.5. The molecule has 6 nitrogen and oxygen atoms in total. The molecule has 0 unspecified atom stereocenters. The van der Waals surface area contributed by atoms with Crippen LogP contribution in [-0.4, -0.2) is 33.7 Å². The average Bonchev–Trinajstić information content (AvgIpc) is 2.56. The van der Waals surface area contributed by atoms with Gasteiger partial charge in [0.15, 0.2) is 0 Å². The van der Waals surface area contributed by atoms with Gasteiger partial charge in [-0.3, -0.25) is 9.10 Å². The normalized spacial score (nSPS) is 12.4. The number of methoxy groups -OCH3 is 1. The number of ether oxygens (including phenoxy) is 1. The highest BCUT2D eigenvalue weighted by Crippen LogP contribution is 2.31. The first kappa shape index (κ1) is 20.9. The molecule has 0 heterocycles. The zero-order chi connectivity index (χ0) is 20.4. The number of nitrogens with one attached hydrogen (secondary N) is 1. The van der Waals surface area contributed by atoms with E-state index in [4.69, 9.17) is 16.3 Å². The van der Waals surface area contributed by atoms with E-state index < -0.39 is 33.6 Å². The van der Waals surface area contributed by atoms with Crippen LogP contribution in [-0.2, 0) is 14.8 Å². The second-order valence-corrected chi connectivity index (χ2v) is 7.93. The Balaban J connectivity index is 2.36. The van der Waals surface area contributed by atoms with Crippen molar-refractivity contribution in [3.8, 4) is 5.75 Å². The lowest BCUT2D eigenvalue weighted by Crippen LogP contribution is -2.45. The molecule has 27 heavy (non-hydrogen) atoms. The lowest BCUT2D eigenvalue weighted by atomic mass is 10.2. The van der Waals surface area contributed by atoms with E-state index in [1.807, 2.05) is 0 Å². The van der Waals surface area contributed by atoms with Gasteiger partial charge in [-0.05, 0) is 37.3 Å². The van der Waals surface area contributed by atoms with E-state index in [2.05, 4.69) is 5.32 Å². The highest BCUT2D eigenvalue weighted by atomic mass is 35.5. The van der Waals surface area contributed by atoms with E-state index in [1.165, 1.54) is 32.2 Å². The van der Waals surface area contributed by atoms with E-state index >= 15 is 0 Å². The largest absolute Gasteiger partial charge is 0.495 e. The smallest absolute Gasteiger partial charge is 0.248 e. The summed E-state index contributed by atoms with van der Waals surface area (Å²) in [6.45, 7) is 1.33. The molecule has 0 aromatic heterocycles. The van der Waals surface area contributed by atoms with Crippen molar-refractivity contribution in [2.75, 3.05) is 23.0 Å². The third-order valence-corrected chi connectivity index (χ3v) is 5.20. The number of halogens is 3. The van der Waals surface area contributed by atoms with Gasteiger partial charge in [-0.15, -0.1) is 0 Å². The molecule has 0 spiro atoms. The van der Waals surface area contributed by atoms with Crippen LogP contribution in [0.1, 0.15) is 6.92 Å². The number of hydrogen-bond acceptors (Lipinski definition) is 4. The molecule has 0 bridgehead atoms. The van der Waals surface area contributed by atoms with Crippen LogP contribution in [0.2, 0.25) is 5.02 Å². The number of hydrogen-bond donors (Lipinski definition) is 1. The van der Waals surface area contributed by atoms with Gasteiger partial charge in [0.05, 0.1) is 29.8 Å². The summed E-state index contributed by atoms with van der Waals surface area (Å²) in [6.07, 6.45) is 0.924. The Bertz CT molecular complexity index is 969. The van der Waals surface area contributed by atoms with Gasteiger partial charge in [0.2, 0.25) is 15.9 Å². The first-order valence-corrected chi connectivity index (χ1v) is 9.86. The third-order valence-electron chi connectivity index (χ3n) is 3.67. The Morgan fingerprint density at radius 3 is 2.41 bits per heavy atom. The molecule has 0 saturated heterocycles. The van der Waals surface area contributed by atoms with Crippen molar-refractivity contribution in [2.24, 2.45) is 0 Å². The predicted octanol–water partition coefficient (Wildman–Crippen LogP) is 3.42. The molecule has 0 aliphatic carbocycles. The summed E-state index contributed by atoms with van der Waals surface area (Å²) in [7, 11) is -2.48. The summed E-state index contributed by atoms with van der Waals surface area (Å²) in [5.41, 5.74) is -0.139. The van der Waals surface area contributed by atoms with Crippen LogP contribution in [0.5, 0.6) is 5.75 Å². The Morgan fingerprint density at radius 1 is 1.22 bits per heavy atom. The minimum Gasteiger partial charge on any atom is -0.495 e. The van der Waals surface area contributed by atoms with E-state index in [1.54, 1.807) is 0 Å². The Labute approximate surface area is 160 Å². The number of carbonyl (C=O) groups excluding carboxylic acids is 1. The van der Waals surface area contributed by atoms with Gasteiger partial charge in [0.1, 0.15) is 23.4 Å². The zero-order valence-electron chi connectivity index (χ0n) is 14.7. The van der Waals surface area contributed by atoms with Crippen LogP contribution in [0, 0.1) is 11.6 Å². The summed E-state index contributed by atoms with van der Waals surface area (Å²) in [5.74, 6) is -2.25. The van der Waals surface area contributed by atoms with Gasteiger partial charge in [0.25, 0.3) is 0 Å². The molecule has 2 aromatic rings. The average molecular weight is 419 g/mol. The number of nitrogens with zero attached hydrogens (tertiary/aromatic N) is 1. The molecule has 1 N–H and O–H groups in total. The maximum absolute atomic E-state index is 13.8. The van der Waals surface area contributed by atoms with Gasteiger partial charge in [-0.1, -0.05) is 11.6 Å². The Morgan fingerprint density at radius 2 is 1.89 bits per heavy atom. The summed E-state index contributed by atoms with van der Waals surface area (Å²) in [6, 6.07) is 5.61. The van der Waals surface area contributed by atoms with Crippen LogP contribution in [0.15, 0.2) is 36.4 Å². The molecular formula is C17H17ClF2N2O4S. The summed E-state index contributed by atoms with van der Waals surface area (Å²) in [5, 5.41) is 2.41. The van der Waals surface area contributed by atoms with Crippen LogP contribution in [0.25, 0.3) is 0 Å². The maximum Gasteiger partial charge on any atom is 0.248 e. The van der Waals surface area contributed by atoms with E-state index in [0.29, 0.717) is 11.8 Å². The highest BCUT2D eigenvalue weighted by molar-refractivity contribution is 7.92. The fraction of sp³-hybridized carbons (Fsp3) is 0.235. The van der Waals surface area contributed by atoms with Crippen molar-refractivity contribution in [1.82, 2.24) is 0 Å². The number of carbonyl (C=O) groups is 1. The van der Waals surface area contributed by atoms with E-state index in [0.717, 1.165) is 22.7 Å². The van der Waals surface area contributed by atoms with Crippen molar-refractivity contribution in [2.45, 2.75) is 13.0 Å². The van der Waals surface area contributed by atoms with Gasteiger partial charge >= 0.3 is 0 Å². The molecule has 0 radical (unpaired) electrons. The number of benzene rings is 2. The van der Waals surface area contributed by atoms with Crippen molar-refractivity contribution < 1.29 is 26.7 Å². The summed E-state index contributed by atoms with van der Waals surface area (Å²) < 4.78 is 57.1. The van der Waals surface area contributed by atoms with Gasteiger partial charge in [0, 0.05) is 6.07 Å². The van der Waals surface area contributed by atoms with E-state index in [-0.39, 0.29) is 16.4 Å². The van der Waals surface area contributed by atoms with Crippen LogP contribution >= 0.6 is 11.6 Å². The molecule has 0 fully saturated rings. The molecule has 146 valence electrons. The molecule has 10 heteroatoms. The van der Waals surface area contributed by atoms with Crippen molar-refractivity contribution in [3.05, 3.63) is 53.1 Å². The topological polar surface area (TPSA) is 75.7 Å². The Hall–Kier alpha value is -2.39. The minimum atomic E-state index is -3.89. The van der Waals surface area contributed by atoms with Crippen molar-refractivity contribution in [3.63, 3.8) is 0 Å². The van der Waals surface area contributed by atoms with Crippen LogP contribution in [0.4, 0.5) is 20.2 Å². The highest BCUT2D eigenvalue weighted by Gasteiger charge is 2.30. The van der Waals surface area contributed by atoms with Gasteiger partial charge in [-0.2, -0.15) is 0 Å². The quantitative estimate of drug-likeness (QED) is 0.779. The SMILES string of the molecule is COc1ccc(N([C@@H](C)C(=O)Nc2ccc(F)cc2F)S(C)(=O)=O)cc1Cl. The molecule has 0 saturated carbocycles. The lowest BCUT2D eigenvalue weighted by molar-refractivity contribution is -0.116. The second kappa shape index (κ2) is 8.10. The molecule has 0 aliphatic heterocycles. The standard InChI is InChI=1S/C17H17ClF2N2O4S/c1-10(17(23)21-15-6-4-11(19)8-14(15)20)22(27(3,24)25)12-5-7-16(26-2)13(18)9-12/h4-10H,1-3H3,(H,21,23)/t10-/m0/s1. The monoisotopic (exact) mass is 418 g/mol. The lowest BCUT2D eigenvalue weighted by Gasteiger charge is -2.28. The minimum absolute atomic E-state index is 0.130. The van der Waals surface area contributed by atoms with Gasteiger partial charge < -0.3 is 10.1 Å². The van der Waals surface area contributed by atoms with Crippen molar-refractivity contribution in [1.29, 1.82) is 0 Å². The van der Waals surface area contributed by atoms with E-state index in [9.17, 15) is 22.0 Å². The fourth-order valence-corrected chi connectivity index (χ4v) is 3.85. The molecule has 2 aromatic carbocycles. The number of amides is 1. The molecular weight excluding hydrogens is 402 g/mol. The van der Waals surface area contributed by atoms with Crippen LogP contribution in [0.3, 0.4) is 0 Å². The second-order valence-electron chi connectivity index (χ2n) is 5.67. The fourth-order valence-electron chi connectivity index (χ4n) is 2.43.